The van der Waals surface area contributed by atoms with Gasteiger partial charge in [0.1, 0.15) is 10.1 Å². The quantitative estimate of drug-likeness (QED) is 0.173. The Hall–Kier alpha value is 1.56. The summed E-state index contributed by atoms with van der Waals surface area (Å²) in [6.45, 7) is 0. The van der Waals surface area contributed by atoms with E-state index < -0.39 is 20.2 Å². The fourth-order valence-electron chi connectivity index (χ4n) is 2.14. The van der Waals surface area contributed by atoms with Gasteiger partial charge in [-0.25, -0.2) is 16.8 Å². The molecule has 10 heteroatoms. The minimum absolute atomic E-state index is 0. The van der Waals surface area contributed by atoms with Crippen LogP contribution < -0.4 is 59.1 Å². The SMILES string of the molecule is O=S(=O)([O-])C=CCCCCCCCCCCCCS(=O)(=O)[O-].[Na+].[Na+]. The molecule has 132 valence electrons. The van der Waals surface area contributed by atoms with E-state index in [1.54, 1.807) is 0 Å². The van der Waals surface area contributed by atoms with Gasteiger partial charge in [-0.2, -0.15) is 0 Å². The van der Waals surface area contributed by atoms with Crippen LogP contribution in [0.4, 0.5) is 0 Å². The van der Waals surface area contributed by atoms with Crippen LogP contribution in [0.2, 0.25) is 0 Å². The van der Waals surface area contributed by atoms with Crippen LogP contribution in [0.1, 0.15) is 70.6 Å². The molecule has 0 fully saturated rings. The fourth-order valence-corrected chi connectivity index (χ4v) is 3.07. The van der Waals surface area contributed by atoms with E-state index in [1.807, 2.05) is 0 Å². The van der Waals surface area contributed by atoms with Gasteiger partial charge in [-0.05, 0) is 19.3 Å². The molecule has 0 radical (unpaired) electrons. The zero-order valence-corrected chi connectivity index (χ0v) is 20.5. The van der Waals surface area contributed by atoms with Crippen LogP contribution in [-0.2, 0) is 20.2 Å². The minimum Gasteiger partial charge on any atom is -0.748 e. The maximum atomic E-state index is 10.4. The van der Waals surface area contributed by atoms with Gasteiger partial charge in [0.15, 0.2) is 0 Å². The van der Waals surface area contributed by atoms with Crippen molar-refractivity contribution in [3.63, 3.8) is 0 Å². The van der Waals surface area contributed by atoms with E-state index in [2.05, 4.69) is 0 Å². The second-order valence-corrected chi connectivity index (χ2v) is 8.23. The molecule has 0 unspecified atom stereocenters. The molecular weight excluding hydrogens is 374 g/mol. The first kappa shape index (κ1) is 30.3. The number of hydrogen-bond donors (Lipinski definition) is 0. The number of unbranched alkanes of at least 4 members (excludes halogenated alkanes) is 10. The topological polar surface area (TPSA) is 114 Å². The molecule has 0 spiro atoms. The summed E-state index contributed by atoms with van der Waals surface area (Å²) in [6, 6.07) is 0. The van der Waals surface area contributed by atoms with Gasteiger partial charge in [0.05, 0.1) is 10.1 Å². The molecule has 0 N–H and O–H groups in total. The van der Waals surface area contributed by atoms with E-state index in [-0.39, 0.29) is 64.9 Å². The summed E-state index contributed by atoms with van der Waals surface area (Å²) in [5, 5.41) is 0.713. The summed E-state index contributed by atoms with van der Waals surface area (Å²) in [5.41, 5.74) is 0. The Morgan fingerprint density at radius 3 is 1.38 bits per heavy atom. The van der Waals surface area contributed by atoms with Crippen LogP contribution in [0.3, 0.4) is 0 Å². The molecule has 0 aliphatic heterocycles. The second-order valence-electron chi connectivity index (χ2n) is 5.45. The Bertz CT molecular complexity index is 503. The van der Waals surface area contributed by atoms with Gasteiger partial charge in [0.25, 0.3) is 0 Å². The smallest absolute Gasteiger partial charge is 0.748 e. The van der Waals surface area contributed by atoms with Crippen molar-refractivity contribution >= 4 is 20.2 Å². The van der Waals surface area contributed by atoms with E-state index >= 15 is 0 Å². The van der Waals surface area contributed by atoms with Gasteiger partial charge in [-0.3, -0.25) is 0 Å². The van der Waals surface area contributed by atoms with Crippen molar-refractivity contribution in [3.05, 3.63) is 11.5 Å². The molecule has 0 atom stereocenters. The largest absolute Gasteiger partial charge is 1.00 e. The average Bonchev–Trinajstić information content (AvgIpc) is 2.36. The van der Waals surface area contributed by atoms with Crippen molar-refractivity contribution < 1.29 is 85.1 Å². The molecule has 0 aliphatic carbocycles. The standard InChI is InChI=1S/C14H28O6S2.2Na/c15-21(16,17)13-11-9-7-5-3-1-2-4-6-8-10-12-14-22(18,19)20;;/h11,13H,1-10,12,14H2,(H,15,16,17)(H,18,19,20);;/q;2*+1/p-2. The maximum Gasteiger partial charge on any atom is 1.00 e. The zero-order valence-electron chi connectivity index (χ0n) is 14.9. The Morgan fingerprint density at radius 2 is 1.00 bits per heavy atom. The van der Waals surface area contributed by atoms with Crippen LogP contribution in [0.25, 0.3) is 0 Å². The normalized spacial score (nSPS) is 11.9. The Labute approximate surface area is 191 Å². The summed E-state index contributed by atoms with van der Waals surface area (Å²) in [7, 11) is -8.28. The Balaban J connectivity index is -0.00000220. The summed E-state index contributed by atoms with van der Waals surface area (Å²) in [4.78, 5) is 0. The molecule has 0 saturated carbocycles. The van der Waals surface area contributed by atoms with Gasteiger partial charge in [0, 0.05) is 11.2 Å². The van der Waals surface area contributed by atoms with Gasteiger partial charge in [0.2, 0.25) is 0 Å². The third-order valence-corrected chi connectivity index (χ3v) is 4.59. The van der Waals surface area contributed by atoms with Crippen LogP contribution in [0, 0.1) is 0 Å². The first-order chi connectivity index (χ1) is 10.2. The fraction of sp³-hybridized carbons (Fsp3) is 0.857. The van der Waals surface area contributed by atoms with E-state index in [0.717, 1.165) is 57.8 Å². The average molecular weight is 400 g/mol. The first-order valence-electron chi connectivity index (χ1n) is 7.77. The van der Waals surface area contributed by atoms with Crippen LogP contribution in [-0.4, -0.2) is 31.7 Å². The Morgan fingerprint density at radius 1 is 0.625 bits per heavy atom. The van der Waals surface area contributed by atoms with Crippen molar-refractivity contribution in [1.29, 1.82) is 0 Å². The van der Waals surface area contributed by atoms with Crippen molar-refractivity contribution in [2.24, 2.45) is 0 Å². The van der Waals surface area contributed by atoms with Crippen LogP contribution >= 0.6 is 0 Å². The van der Waals surface area contributed by atoms with Gasteiger partial charge in [-0.15, -0.1) is 0 Å². The predicted octanol–water partition coefficient (Wildman–Crippen LogP) is -3.11. The molecule has 6 nitrogen and oxygen atoms in total. The molecule has 0 aromatic heterocycles. The number of allylic oxidation sites excluding steroid dienone is 1. The molecule has 0 rings (SSSR count). The molecule has 24 heavy (non-hydrogen) atoms. The zero-order chi connectivity index (χ0) is 16.9. The molecule has 0 aliphatic rings. The summed E-state index contributed by atoms with van der Waals surface area (Å²) in [6.07, 6.45) is 11.6. The van der Waals surface area contributed by atoms with E-state index in [1.165, 1.54) is 6.08 Å². The molecule has 0 saturated heterocycles. The van der Waals surface area contributed by atoms with E-state index in [0.29, 0.717) is 18.2 Å². The molecular formula is C14H26Na2O6S2. The first-order valence-corrected chi connectivity index (χ1v) is 10.8. The monoisotopic (exact) mass is 400 g/mol. The number of rotatable bonds is 14. The van der Waals surface area contributed by atoms with E-state index in [4.69, 9.17) is 0 Å². The minimum atomic E-state index is -4.23. The molecule has 0 aromatic rings. The van der Waals surface area contributed by atoms with Gasteiger partial charge >= 0.3 is 59.1 Å². The summed E-state index contributed by atoms with van der Waals surface area (Å²) >= 11 is 0. The third-order valence-electron chi connectivity index (χ3n) is 3.28. The Kier molecular flexibility index (Phi) is 22.7. The van der Waals surface area contributed by atoms with E-state index in [9.17, 15) is 25.9 Å². The maximum absolute atomic E-state index is 10.4. The predicted molar refractivity (Wildman–Crippen MR) is 84.2 cm³/mol. The van der Waals surface area contributed by atoms with Crippen molar-refractivity contribution in [3.8, 4) is 0 Å². The van der Waals surface area contributed by atoms with Crippen LogP contribution in [0.5, 0.6) is 0 Å². The van der Waals surface area contributed by atoms with Crippen molar-refractivity contribution in [1.82, 2.24) is 0 Å². The van der Waals surface area contributed by atoms with Gasteiger partial charge < -0.3 is 9.11 Å². The molecule has 0 bridgehead atoms. The molecule has 0 amide bonds. The molecule has 0 heterocycles. The second kappa shape index (κ2) is 17.9. The van der Waals surface area contributed by atoms with Gasteiger partial charge in [-0.1, -0.05) is 57.4 Å². The molecule has 0 aromatic carbocycles. The summed E-state index contributed by atoms with van der Waals surface area (Å²) < 4.78 is 62.0. The number of hydrogen-bond acceptors (Lipinski definition) is 6. The third kappa shape index (κ3) is 28.4. The van der Waals surface area contributed by atoms with Crippen molar-refractivity contribution in [2.45, 2.75) is 70.6 Å². The summed E-state index contributed by atoms with van der Waals surface area (Å²) in [5.74, 6) is -0.255. The van der Waals surface area contributed by atoms with Crippen molar-refractivity contribution in [2.75, 3.05) is 5.75 Å². The van der Waals surface area contributed by atoms with Crippen LogP contribution in [0.15, 0.2) is 11.5 Å².